The van der Waals surface area contributed by atoms with Gasteiger partial charge in [-0.15, -0.1) is 0 Å². The van der Waals surface area contributed by atoms with Crippen LogP contribution in [0.15, 0.2) is 28.7 Å². The van der Waals surface area contributed by atoms with Gasteiger partial charge >= 0.3 is 0 Å². The van der Waals surface area contributed by atoms with Crippen molar-refractivity contribution in [2.45, 2.75) is 32.3 Å². The molecule has 1 aromatic rings. The van der Waals surface area contributed by atoms with Crippen molar-refractivity contribution < 1.29 is 9.47 Å². The molecule has 0 saturated heterocycles. The summed E-state index contributed by atoms with van der Waals surface area (Å²) in [6, 6.07) is 7.81. The lowest BCUT2D eigenvalue weighted by Crippen LogP contribution is -2.27. The number of benzene rings is 1. The molecule has 0 saturated carbocycles. The molecule has 1 rings (SSSR count). The first-order valence-corrected chi connectivity index (χ1v) is 6.95. The second-order valence-corrected chi connectivity index (χ2v) is 4.80. The molecule has 0 amide bonds. The third-order valence-corrected chi connectivity index (χ3v) is 3.20. The SMILES string of the molecule is CCC(N)OC(OCCCN)c1ccccc1Br. The molecular weight excluding hydrogens is 296 g/mol. The van der Waals surface area contributed by atoms with E-state index < -0.39 is 6.29 Å². The Balaban J connectivity index is 2.73. The van der Waals surface area contributed by atoms with Crippen molar-refractivity contribution >= 4 is 15.9 Å². The minimum absolute atomic E-state index is 0.333. The summed E-state index contributed by atoms with van der Waals surface area (Å²) in [7, 11) is 0. The fourth-order valence-electron chi connectivity index (χ4n) is 1.40. The molecule has 0 spiro atoms. The molecule has 2 atom stereocenters. The van der Waals surface area contributed by atoms with E-state index in [0.29, 0.717) is 13.2 Å². The quantitative estimate of drug-likeness (QED) is 0.571. The van der Waals surface area contributed by atoms with Crippen LogP contribution in [0.2, 0.25) is 0 Å². The molecule has 1 aromatic carbocycles. The van der Waals surface area contributed by atoms with E-state index in [4.69, 9.17) is 20.9 Å². The summed E-state index contributed by atoms with van der Waals surface area (Å²) in [5, 5.41) is 0. The van der Waals surface area contributed by atoms with Gasteiger partial charge in [0.1, 0.15) is 6.23 Å². The Morgan fingerprint density at radius 1 is 1.33 bits per heavy atom. The summed E-state index contributed by atoms with van der Waals surface area (Å²) < 4.78 is 12.4. The molecule has 0 fully saturated rings. The van der Waals surface area contributed by atoms with Crippen molar-refractivity contribution in [3.8, 4) is 0 Å². The summed E-state index contributed by atoms with van der Waals surface area (Å²) >= 11 is 3.49. The molecule has 2 unspecified atom stereocenters. The first-order chi connectivity index (χ1) is 8.69. The van der Waals surface area contributed by atoms with Crippen molar-refractivity contribution in [1.82, 2.24) is 0 Å². The van der Waals surface area contributed by atoms with Crippen LogP contribution in [-0.2, 0) is 9.47 Å². The van der Waals surface area contributed by atoms with Gasteiger partial charge in [0.05, 0.1) is 6.61 Å². The molecule has 0 aliphatic rings. The van der Waals surface area contributed by atoms with Crippen LogP contribution in [0.25, 0.3) is 0 Å². The van der Waals surface area contributed by atoms with Gasteiger partial charge in [-0.3, -0.25) is 0 Å². The Morgan fingerprint density at radius 3 is 2.67 bits per heavy atom. The van der Waals surface area contributed by atoms with Crippen molar-refractivity contribution in [2.24, 2.45) is 11.5 Å². The number of rotatable bonds is 8. The lowest BCUT2D eigenvalue weighted by Gasteiger charge is -2.23. The van der Waals surface area contributed by atoms with Crippen LogP contribution in [0, 0.1) is 0 Å². The van der Waals surface area contributed by atoms with E-state index in [1.807, 2.05) is 31.2 Å². The smallest absolute Gasteiger partial charge is 0.186 e. The minimum Gasteiger partial charge on any atom is -0.348 e. The second kappa shape index (κ2) is 8.61. The van der Waals surface area contributed by atoms with Crippen molar-refractivity contribution in [3.63, 3.8) is 0 Å². The van der Waals surface area contributed by atoms with Gasteiger partial charge in [0.25, 0.3) is 0 Å². The highest BCUT2D eigenvalue weighted by atomic mass is 79.9. The normalized spacial score (nSPS) is 14.4. The zero-order valence-corrected chi connectivity index (χ0v) is 12.2. The highest BCUT2D eigenvalue weighted by Gasteiger charge is 2.17. The molecule has 0 radical (unpaired) electrons. The summed E-state index contributed by atoms with van der Waals surface area (Å²) in [5.74, 6) is 0. The van der Waals surface area contributed by atoms with Crippen LogP contribution in [0.5, 0.6) is 0 Å². The molecule has 0 heterocycles. The van der Waals surface area contributed by atoms with E-state index in [9.17, 15) is 0 Å². The first-order valence-electron chi connectivity index (χ1n) is 6.16. The van der Waals surface area contributed by atoms with Gasteiger partial charge in [-0.05, 0) is 25.5 Å². The maximum Gasteiger partial charge on any atom is 0.186 e. The lowest BCUT2D eigenvalue weighted by molar-refractivity contribution is -0.175. The van der Waals surface area contributed by atoms with Crippen LogP contribution in [-0.4, -0.2) is 19.4 Å². The van der Waals surface area contributed by atoms with E-state index in [0.717, 1.165) is 22.9 Å². The summed E-state index contributed by atoms with van der Waals surface area (Å²) in [4.78, 5) is 0. The zero-order chi connectivity index (χ0) is 13.4. The Labute approximate surface area is 117 Å². The molecular formula is C13H21BrN2O2. The standard InChI is InChI=1S/C13H21BrN2O2/c1-2-12(16)18-13(17-9-5-8-15)10-6-3-4-7-11(10)14/h3-4,6-7,12-13H,2,5,8-9,15-16H2,1H3. The Kier molecular flexibility index (Phi) is 7.46. The maximum absolute atomic E-state index is 5.82. The van der Waals surface area contributed by atoms with Crippen LogP contribution in [0.3, 0.4) is 0 Å². The molecule has 0 aromatic heterocycles. The van der Waals surface area contributed by atoms with Gasteiger partial charge in [0, 0.05) is 10.0 Å². The second-order valence-electron chi connectivity index (χ2n) is 3.95. The van der Waals surface area contributed by atoms with Crippen LogP contribution in [0.1, 0.15) is 31.6 Å². The third-order valence-electron chi connectivity index (χ3n) is 2.48. The van der Waals surface area contributed by atoms with Crippen LogP contribution in [0.4, 0.5) is 0 Å². The fraction of sp³-hybridized carbons (Fsp3) is 0.538. The minimum atomic E-state index is -0.456. The average molecular weight is 317 g/mol. The van der Waals surface area contributed by atoms with Gasteiger partial charge in [0.15, 0.2) is 6.29 Å². The average Bonchev–Trinajstić information content (AvgIpc) is 2.38. The van der Waals surface area contributed by atoms with Crippen molar-refractivity contribution in [3.05, 3.63) is 34.3 Å². The zero-order valence-electron chi connectivity index (χ0n) is 10.6. The Bertz CT molecular complexity index is 350. The van der Waals surface area contributed by atoms with Gasteiger partial charge < -0.3 is 20.9 Å². The van der Waals surface area contributed by atoms with E-state index in [-0.39, 0.29) is 6.23 Å². The molecule has 0 bridgehead atoms. The Morgan fingerprint density at radius 2 is 2.06 bits per heavy atom. The number of ether oxygens (including phenoxy) is 2. The number of hydrogen-bond acceptors (Lipinski definition) is 4. The molecule has 0 aliphatic heterocycles. The lowest BCUT2D eigenvalue weighted by atomic mass is 10.2. The maximum atomic E-state index is 5.82. The van der Waals surface area contributed by atoms with Gasteiger partial charge in [-0.1, -0.05) is 41.1 Å². The molecule has 4 nitrogen and oxygen atoms in total. The molecule has 102 valence electrons. The molecule has 4 N–H and O–H groups in total. The summed E-state index contributed by atoms with van der Waals surface area (Å²) in [6.45, 7) is 3.13. The highest BCUT2D eigenvalue weighted by molar-refractivity contribution is 9.10. The monoisotopic (exact) mass is 316 g/mol. The van der Waals surface area contributed by atoms with Crippen molar-refractivity contribution in [1.29, 1.82) is 0 Å². The van der Waals surface area contributed by atoms with E-state index in [1.54, 1.807) is 0 Å². The fourth-order valence-corrected chi connectivity index (χ4v) is 1.87. The van der Waals surface area contributed by atoms with E-state index in [1.165, 1.54) is 0 Å². The molecule has 18 heavy (non-hydrogen) atoms. The highest BCUT2D eigenvalue weighted by Crippen LogP contribution is 2.27. The predicted octanol–water partition coefficient (Wildman–Crippen LogP) is 2.52. The summed E-state index contributed by atoms with van der Waals surface area (Å²) in [6.07, 6.45) is 0.745. The van der Waals surface area contributed by atoms with E-state index >= 15 is 0 Å². The van der Waals surface area contributed by atoms with Gasteiger partial charge in [-0.25, -0.2) is 0 Å². The number of nitrogens with two attached hydrogens (primary N) is 2. The van der Waals surface area contributed by atoms with Crippen LogP contribution < -0.4 is 11.5 Å². The Hall–Kier alpha value is -0.460. The van der Waals surface area contributed by atoms with Gasteiger partial charge in [0.2, 0.25) is 0 Å². The molecule has 5 heteroatoms. The number of hydrogen-bond donors (Lipinski definition) is 2. The van der Waals surface area contributed by atoms with Crippen molar-refractivity contribution in [2.75, 3.05) is 13.2 Å². The first kappa shape index (κ1) is 15.6. The van der Waals surface area contributed by atoms with Crippen LogP contribution >= 0.6 is 15.9 Å². The largest absolute Gasteiger partial charge is 0.348 e. The van der Waals surface area contributed by atoms with E-state index in [2.05, 4.69) is 15.9 Å². The topological polar surface area (TPSA) is 70.5 Å². The summed E-state index contributed by atoms with van der Waals surface area (Å²) in [5.41, 5.74) is 12.2. The van der Waals surface area contributed by atoms with Gasteiger partial charge in [-0.2, -0.15) is 0 Å². The number of halogens is 1. The third kappa shape index (κ3) is 5.04. The molecule has 0 aliphatic carbocycles. The predicted molar refractivity (Wildman–Crippen MR) is 75.9 cm³/mol.